The Labute approximate surface area is 108 Å². The fourth-order valence-corrected chi connectivity index (χ4v) is 2.62. The van der Waals surface area contributed by atoms with Crippen LogP contribution in [0.1, 0.15) is 24.6 Å². The van der Waals surface area contributed by atoms with Gasteiger partial charge < -0.3 is 10.1 Å². The van der Waals surface area contributed by atoms with Crippen LogP contribution in [0.25, 0.3) is 0 Å². The maximum absolute atomic E-state index is 11.4. The predicted molar refractivity (Wildman–Crippen MR) is 69.6 cm³/mol. The summed E-state index contributed by atoms with van der Waals surface area (Å²) in [4.78, 5) is 12.6. The number of nitrogens with one attached hydrogen (secondary N) is 1. The molecule has 0 saturated heterocycles. The third kappa shape index (κ3) is 5.63. The second kappa shape index (κ2) is 7.81. The summed E-state index contributed by atoms with van der Waals surface area (Å²) in [5, 5.41) is 2.88. The van der Waals surface area contributed by atoms with Crippen LogP contribution in [0, 0.1) is 0 Å². The standard InChI is InChI=1S/C11H16BrNO2S/c1-2-15-7-3-4-11(14)13-8-9-5-6-10(12)16-9/h5-6H,2-4,7-8H2,1H3,(H,13,14). The van der Waals surface area contributed by atoms with Gasteiger partial charge in [-0.3, -0.25) is 4.79 Å². The summed E-state index contributed by atoms with van der Waals surface area (Å²) in [5.41, 5.74) is 0. The van der Waals surface area contributed by atoms with E-state index in [-0.39, 0.29) is 5.91 Å². The average Bonchev–Trinajstić information content (AvgIpc) is 2.68. The molecule has 0 aliphatic carbocycles. The first kappa shape index (κ1) is 13.7. The molecule has 0 aromatic carbocycles. The molecule has 1 amide bonds. The minimum atomic E-state index is 0.0872. The first-order chi connectivity index (χ1) is 7.72. The highest BCUT2D eigenvalue weighted by molar-refractivity contribution is 9.11. The van der Waals surface area contributed by atoms with Gasteiger partial charge in [0, 0.05) is 24.5 Å². The second-order valence-corrected chi connectivity index (χ2v) is 5.83. The molecule has 0 radical (unpaired) electrons. The highest BCUT2D eigenvalue weighted by atomic mass is 79.9. The van der Waals surface area contributed by atoms with Crippen LogP contribution < -0.4 is 5.32 Å². The molecule has 1 rings (SSSR count). The van der Waals surface area contributed by atoms with Gasteiger partial charge in [0.25, 0.3) is 0 Å². The number of rotatable bonds is 7. The van der Waals surface area contributed by atoms with Gasteiger partial charge in [0.1, 0.15) is 0 Å². The Kier molecular flexibility index (Phi) is 6.68. The highest BCUT2D eigenvalue weighted by Gasteiger charge is 2.02. The molecule has 0 aliphatic heterocycles. The normalized spacial score (nSPS) is 10.4. The molecule has 1 aromatic heterocycles. The molecule has 0 spiro atoms. The van der Waals surface area contributed by atoms with Gasteiger partial charge in [0.2, 0.25) is 5.91 Å². The molecule has 0 aliphatic rings. The Balaban J connectivity index is 2.10. The fraction of sp³-hybridized carbons (Fsp3) is 0.545. The Morgan fingerprint density at radius 2 is 2.38 bits per heavy atom. The van der Waals surface area contributed by atoms with Crippen molar-refractivity contribution in [3.63, 3.8) is 0 Å². The van der Waals surface area contributed by atoms with Gasteiger partial charge in [0.15, 0.2) is 0 Å². The van der Waals surface area contributed by atoms with Crippen molar-refractivity contribution < 1.29 is 9.53 Å². The van der Waals surface area contributed by atoms with Gasteiger partial charge in [-0.15, -0.1) is 11.3 Å². The van der Waals surface area contributed by atoms with Crippen molar-refractivity contribution in [2.45, 2.75) is 26.3 Å². The molecule has 3 nitrogen and oxygen atoms in total. The number of ether oxygens (including phenoxy) is 1. The largest absolute Gasteiger partial charge is 0.382 e. The summed E-state index contributed by atoms with van der Waals surface area (Å²) in [6.45, 7) is 3.94. The molecule has 0 saturated carbocycles. The van der Waals surface area contributed by atoms with Crippen LogP contribution in [0.15, 0.2) is 15.9 Å². The van der Waals surface area contributed by atoms with E-state index in [1.54, 1.807) is 11.3 Å². The quantitative estimate of drug-likeness (QED) is 0.787. The minimum Gasteiger partial charge on any atom is -0.382 e. The smallest absolute Gasteiger partial charge is 0.220 e. The lowest BCUT2D eigenvalue weighted by atomic mass is 10.3. The molecule has 0 unspecified atom stereocenters. The van der Waals surface area contributed by atoms with Gasteiger partial charge in [0.05, 0.1) is 10.3 Å². The Morgan fingerprint density at radius 3 is 3.00 bits per heavy atom. The van der Waals surface area contributed by atoms with Crippen molar-refractivity contribution in [2.24, 2.45) is 0 Å². The Bertz CT molecular complexity index is 328. The molecular weight excluding hydrogens is 290 g/mol. The van der Waals surface area contributed by atoms with Crippen LogP contribution in [-0.2, 0) is 16.1 Å². The number of amides is 1. The number of thiophene rings is 1. The zero-order valence-corrected chi connectivity index (χ0v) is 11.7. The van der Waals surface area contributed by atoms with Crippen LogP contribution >= 0.6 is 27.3 Å². The molecule has 0 bridgehead atoms. The van der Waals surface area contributed by atoms with E-state index >= 15 is 0 Å². The first-order valence-electron chi connectivity index (χ1n) is 5.31. The Morgan fingerprint density at radius 1 is 1.56 bits per heavy atom. The van der Waals surface area contributed by atoms with Crippen molar-refractivity contribution in [1.29, 1.82) is 0 Å². The fourth-order valence-electron chi connectivity index (χ4n) is 1.20. The maximum Gasteiger partial charge on any atom is 0.220 e. The van der Waals surface area contributed by atoms with Crippen LogP contribution in [0.4, 0.5) is 0 Å². The van der Waals surface area contributed by atoms with Crippen molar-refractivity contribution in [1.82, 2.24) is 5.32 Å². The molecule has 1 heterocycles. The van der Waals surface area contributed by atoms with Gasteiger partial charge >= 0.3 is 0 Å². The zero-order valence-electron chi connectivity index (χ0n) is 9.29. The van der Waals surface area contributed by atoms with Gasteiger partial charge in [-0.2, -0.15) is 0 Å². The van der Waals surface area contributed by atoms with Crippen LogP contribution in [0.2, 0.25) is 0 Å². The van der Waals surface area contributed by atoms with E-state index in [1.807, 2.05) is 19.1 Å². The summed E-state index contributed by atoms with van der Waals surface area (Å²) in [5.74, 6) is 0.0872. The van der Waals surface area contributed by atoms with E-state index in [0.717, 1.165) is 15.1 Å². The lowest BCUT2D eigenvalue weighted by Crippen LogP contribution is -2.22. The van der Waals surface area contributed by atoms with E-state index in [1.165, 1.54) is 0 Å². The molecule has 0 atom stereocenters. The number of halogens is 1. The predicted octanol–water partition coefficient (Wildman–Crippen LogP) is 2.94. The van der Waals surface area contributed by atoms with E-state index in [9.17, 15) is 4.79 Å². The SMILES string of the molecule is CCOCCCC(=O)NCc1ccc(Br)s1. The number of hydrogen-bond acceptors (Lipinski definition) is 3. The maximum atomic E-state index is 11.4. The van der Waals surface area contributed by atoms with Crippen molar-refractivity contribution in [3.8, 4) is 0 Å². The Hall–Kier alpha value is -0.390. The number of hydrogen-bond donors (Lipinski definition) is 1. The first-order valence-corrected chi connectivity index (χ1v) is 6.92. The number of carbonyl (C=O) groups excluding carboxylic acids is 1. The van der Waals surface area contributed by atoms with E-state index < -0.39 is 0 Å². The summed E-state index contributed by atoms with van der Waals surface area (Å²) in [6, 6.07) is 4.00. The molecule has 90 valence electrons. The number of carbonyl (C=O) groups is 1. The van der Waals surface area contributed by atoms with Crippen molar-refractivity contribution >= 4 is 33.2 Å². The minimum absolute atomic E-state index is 0.0872. The van der Waals surface area contributed by atoms with E-state index in [4.69, 9.17) is 4.74 Å². The summed E-state index contributed by atoms with van der Waals surface area (Å²) in [6.07, 6.45) is 1.32. The summed E-state index contributed by atoms with van der Waals surface area (Å²) in [7, 11) is 0. The van der Waals surface area contributed by atoms with E-state index in [0.29, 0.717) is 26.2 Å². The van der Waals surface area contributed by atoms with Crippen LogP contribution in [-0.4, -0.2) is 19.1 Å². The van der Waals surface area contributed by atoms with Crippen molar-refractivity contribution in [3.05, 3.63) is 20.8 Å². The third-order valence-electron chi connectivity index (χ3n) is 1.99. The third-order valence-corrected chi connectivity index (χ3v) is 3.61. The second-order valence-electron chi connectivity index (χ2n) is 3.28. The lowest BCUT2D eigenvalue weighted by Gasteiger charge is -2.03. The van der Waals surface area contributed by atoms with E-state index in [2.05, 4.69) is 21.2 Å². The molecule has 5 heteroatoms. The zero-order chi connectivity index (χ0) is 11.8. The van der Waals surface area contributed by atoms with Gasteiger partial charge in [-0.1, -0.05) is 0 Å². The molecule has 0 fully saturated rings. The van der Waals surface area contributed by atoms with Crippen molar-refractivity contribution in [2.75, 3.05) is 13.2 Å². The molecule has 1 aromatic rings. The lowest BCUT2D eigenvalue weighted by molar-refractivity contribution is -0.121. The van der Waals surface area contributed by atoms with Crippen LogP contribution in [0.3, 0.4) is 0 Å². The topological polar surface area (TPSA) is 38.3 Å². The van der Waals surface area contributed by atoms with Crippen LogP contribution in [0.5, 0.6) is 0 Å². The highest BCUT2D eigenvalue weighted by Crippen LogP contribution is 2.21. The monoisotopic (exact) mass is 305 g/mol. The van der Waals surface area contributed by atoms with Gasteiger partial charge in [-0.05, 0) is 41.4 Å². The average molecular weight is 306 g/mol. The molecule has 16 heavy (non-hydrogen) atoms. The molecular formula is C11H16BrNO2S. The van der Waals surface area contributed by atoms with Gasteiger partial charge in [-0.25, -0.2) is 0 Å². The molecule has 1 N–H and O–H groups in total. The summed E-state index contributed by atoms with van der Waals surface area (Å²) < 4.78 is 6.26. The summed E-state index contributed by atoms with van der Waals surface area (Å²) >= 11 is 5.03.